The summed E-state index contributed by atoms with van der Waals surface area (Å²) in [6, 6.07) is 8.03. The molecule has 0 N–H and O–H groups in total. The Hall–Kier alpha value is -2.24. The van der Waals surface area contributed by atoms with Crippen molar-refractivity contribution in [1.82, 2.24) is 9.88 Å². The van der Waals surface area contributed by atoms with Crippen LogP contribution in [0.5, 0.6) is 0 Å². The summed E-state index contributed by atoms with van der Waals surface area (Å²) >= 11 is 0. The Morgan fingerprint density at radius 3 is 2.95 bits per heavy atom. The zero-order valence-corrected chi connectivity index (χ0v) is 12.1. The average Bonchev–Trinajstić information content (AvgIpc) is 2.94. The molecule has 1 aromatic heterocycles. The molecule has 0 spiro atoms. The summed E-state index contributed by atoms with van der Waals surface area (Å²) in [5.74, 6) is -0.735. The van der Waals surface area contributed by atoms with Gasteiger partial charge in [0.1, 0.15) is 0 Å². The Bertz CT molecular complexity index is 684. The number of fused-ring (bicyclic) bond motifs is 1. The number of nitrogens with zero attached hydrogens (tertiary/aromatic N) is 2. The first-order chi connectivity index (χ1) is 10.6. The van der Waals surface area contributed by atoms with Gasteiger partial charge in [-0.2, -0.15) is 0 Å². The van der Waals surface area contributed by atoms with Crippen LogP contribution in [-0.4, -0.2) is 28.9 Å². The Balaban J connectivity index is 1.85. The van der Waals surface area contributed by atoms with Crippen LogP contribution in [0.2, 0.25) is 0 Å². The first-order valence-electron chi connectivity index (χ1n) is 7.16. The predicted octanol–water partition coefficient (Wildman–Crippen LogP) is 3.41. The quantitative estimate of drug-likeness (QED) is 0.854. The summed E-state index contributed by atoms with van der Waals surface area (Å²) in [5, 5.41) is 0. The van der Waals surface area contributed by atoms with Crippen molar-refractivity contribution in [2.24, 2.45) is 0 Å². The van der Waals surface area contributed by atoms with Gasteiger partial charge in [0.2, 0.25) is 5.76 Å². The van der Waals surface area contributed by atoms with Gasteiger partial charge in [-0.05, 0) is 23.5 Å². The molecule has 1 amide bonds. The van der Waals surface area contributed by atoms with Crippen molar-refractivity contribution in [3.8, 4) is 0 Å². The molecule has 1 aliphatic rings. The molecule has 0 radical (unpaired) electrons. The Labute approximate surface area is 126 Å². The lowest BCUT2D eigenvalue weighted by molar-refractivity contribution is 0.0706. The SMILES string of the molecule is CC1CN(C(=O)c2ocnc2C(F)F)CCc2ccccc21. The molecule has 0 saturated carbocycles. The van der Waals surface area contributed by atoms with Gasteiger partial charge >= 0.3 is 0 Å². The number of hydrogen-bond donors (Lipinski definition) is 0. The van der Waals surface area contributed by atoms with E-state index in [4.69, 9.17) is 4.42 Å². The highest BCUT2D eigenvalue weighted by Gasteiger charge is 2.30. The second kappa shape index (κ2) is 5.87. The third kappa shape index (κ3) is 2.61. The van der Waals surface area contributed by atoms with E-state index in [1.54, 1.807) is 4.90 Å². The van der Waals surface area contributed by atoms with E-state index in [9.17, 15) is 13.6 Å². The minimum Gasteiger partial charge on any atom is -0.438 e. The summed E-state index contributed by atoms with van der Waals surface area (Å²) in [6.07, 6.45) is -1.23. The van der Waals surface area contributed by atoms with Gasteiger partial charge in [-0.25, -0.2) is 13.8 Å². The van der Waals surface area contributed by atoms with Gasteiger partial charge in [0.15, 0.2) is 12.1 Å². The van der Waals surface area contributed by atoms with E-state index in [0.29, 0.717) is 19.5 Å². The van der Waals surface area contributed by atoms with Crippen molar-refractivity contribution in [3.63, 3.8) is 0 Å². The number of carbonyl (C=O) groups excluding carboxylic acids is 1. The van der Waals surface area contributed by atoms with E-state index in [-0.39, 0.29) is 11.7 Å². The first-order valence-corrected chi connectivity index (χ1v) is 7.16. The highest BCUT2D eigenvalue weighted by atomic mass is 19.3. The van der Waals surface area contributed by atoms with Crippen molar-refractivity contribution in [3.05, 3.63) is 53.2 Å². The second-order valence-electron chi connectivity index (χ2n) is 5.47. The number of amides is 1. The molecule has 1 atom stereocenters. The minimum absolute atomic E-state index is 0.139. The minimum atomic E-state index is -2.82. The summed E-state index contributed by atoms with van der Waals surface area (Å²) in [7, 11) is 0. The molecule has 116 valence electrons. The van der Waals surface area contributed by atoms with Crippen LogP contribution >= 0.6 is 0 Å². The summed E-state index contributed by atoms with van der Waals surface area (Å²) in [5.41, 5.74) is 1.81. The van der Waals surface area contributed by atoms with Gasteiger partial charge in [0, 0.05) is 13.1 Å². The number of aromatic nitrogens is 1. The Kier molecular flexibility index (Phi) is 3.92. The van der Waals surface area contributed by atoms with E-state index in [0.717, 1.165) is 6.39 Å². The normalized spacial score (nSPS) is 18.2. The molecule has 6 heteroatoms. The second-order valence-corrected chi connectivity index (χ2v) is 5.47. The number of oxazole rings is 1. The van der Waals surface area contributed by atoms with Crippen molar-refractivity contribution in [2.75, 3.05) is 13.1 Å². The fraction of sp³-hybridized carbons (Fsp3) is 0.375. The lowest BCUT2D eigenvalue weighted by atomic mass is 9.96. The van der Waals surface area contributed by atoms with Gasteiger partial charge in [-0.1, -0.05) is 31.2 Å². The molecule has 1 aromatic carbocycles. The van der Waals surface area contributed by atoms with Crippen LogP contribution in [0.4, 0.5) is 8.78 Å². The van der Waals surface area contributed by atoms with E-state index < -0.39 is 18.0 Å². The van der Waals surface area contributed by atoms with Crippen LogP contribution in [0.25, 0.3) is 0 Å². The fourth-order valence-electron chi connectivity index (χ4n) is 2.92. The number of hydrogen-bond acceptors (Lipinski definition) is 3. The predicted molar refractivity (Wildman–Crippen MR) is 75.9 cm³/mol. The van der Waals surface area contributed by atoms with Crippen LogP contribution < -0.4 is 0 Å². The summed E-state index contributed by atoms with van der Waals surface area (Å²) in [4.78, 5) is 17.5. The largest absolute Gasteiger partial charge is 0.438 e. The molecule has 1 aliphatic heterocycles. The molecule has 0 saturated heterocycles. The van der Waals surface area contributed by atoms with Crippen LogP contribution in [0.15, 0.2) is 35.1 Å². The van der Waals surface area contributed by atoms with Crippen LogP contribution in [0.3, 0.4) is 0 Å². The van der Waals surface area contributed by atoms with Crippen LogP contribution in [-0.2, 0) is 6.42 Å². The number of carbonyl (C=O) groups is 1. The molecule has 22 heavy (non-hydrogen) atoms. The topological polar surface area (TPSA) is 46.3 Å². The Morgan fingerprint density at radius 1 is 1.41 bits per heavy atom. The van der Waals surface area contributed by atoms with E-state index in [2.05, 4.69) is 4.98 Å². The highest BCUT2D eigenvalue weighted by Crippen LogP contribution is 2.27. The smallest absolute Gasteiger partial charge is 0.291 e. The number of alkyl halides is 2. The molecule has 0 bridgehead atoms. The third-order valence-electron chi connectivity index (χ3n) is 4.01. The van der Waals surface area contributed by atoms with Gasteiger partial charge in [0.05, 0.1) is 0 Å². The van der Waals surface area contributed by atoms with Crippen LogP contribution in [0, 0.1) is 0 Å². The van der Waals surface area contributed by atoms with Gasteiger partial charge in [0.25, 0.3) is 12.3 Å². The zero-order chi connectivity index (χ0) is 15.7. The maximum atomic E-state index is 12.9. The molecule has 0 aliphatic carbocycles. The molecule has 1 unspecified atom stereocenters. The van der Waals surface area contributed by atoms with E-state index >= 15 is 0 Å². The molecule has 2 aromatic rings. The number of rotatable bonds is 2. The monoisotopic (exact) mass is 306 g/mol. The Morgan fingerprint density at radius 2 is 2.18 bits per heavy atom. The molecule has 0 fully saturated rings. The maximum absolute atomic E-state index is 12.9. The van der Waals surface area contributed by atoms with Crippen molar-refractivity contribution in [1.29, 1.82) is 0 Å². The lowest BCUT2D eigenvalue weighted by Crippen LogP contribution is -2.34. The van der Waals surface area contributed by atoms with Crippen LogP contribution in [0.1, 0.15) is 46.6 Å². The van der Waals surface area contributed by atoms with Crippen molar-refractivity contribution in [2.45, 2.75) is 25.7 Å². The first kappa shape index (κ1) is 14.7. The molecule has 2 heterocycles. The maximum Gasteiger partial charge on any atom is 0.291 e. The average molecular weight is 306 g/mol. The summed E-state index contributed by atoms with van der Waals surface area (Å²) in [6.45, 7) is 2.97. The highest BCUT2D eigenvalue weighted by molar-refractivity contribution is 5.92. The van der Waals surface area contributed by atoms with Gasteiger partial charge in [-0.15, -0.1) is 0 Å². The fourth-order valence-corrected chi connectivity index (χ4v) is 2.92. The van der Waals surface area contributed by atoms with Gasteiger partial charge in [-0.3, -0.25) is 4.79 Å². The van der Waals surface area contributed by atoms with E-state index in [1.807, 2.05) is 31.2 Å². The lowest BCUT2D eigenvalue weighted by Gasteiger charge is -2.22. The third-order valence-corrected chi connectivity index (χ3v) is 4.01. The molecular formula is C16H16F2N2O2. The molecule has 4 nitrogen and oxygen atoms in total. The van der Waals surface area contributed by atoms with Gasteiger partial charge < -0.3 is 9.32 Å². The molecular weight excluding hydrogens is 290 g/mol. The summed E-state index contributed by atoms with van der Waals surface area (Å²) < 4.78 is 30.6. The standard InChI is InChI=1S/C16H16F2N2O2/c1-10-8-20(7-6-11-4-2-3-5-12(10)11)16(21)14-13(15(17)18)19-9-22-14/h2-5,9-10,15H,6-8H2,1H3. The van der Waals surface area contributed by atoms with Crippen molar-refractivity contribution < 1.29 is 18.0 Å². The van der Waals surface area contributed by atoms with E-state index in [1.165, 1.54) is 11.1 Å². The number of benzene rings is 1. The molecule has 3 rings (SSSR count). The number of halogens is 2. The van der Waals surface area contributed by atoms with Crippen molar-refractivity contribution >= 4 is 5.91 Å². The zero-order valence-electron chi connectivity index (χ0n) is 12.1.